The molecule has 168 valence electrons. The van der Waals surface area contributed by atoms with Gasteiger partial charge in [-0.3, -0.25) is 4.79 Å². The fourth-order valence-electron chi connectivity index (χ4n) is 5.10. The summed E-state index contributed by atoms with van der Waals surface area (Å²) in [5.41, 5.74) is 0.145. The van der Waals surface area contributed by atoms with Gasteiger partial charge in [0.15, 0.2) is 0 Å². The molecule has 2 aromatic rings. The molecule has 2 aliphatic rings. The third-order valence-electron chi connectivity index (χ3n) is 7.69. The third kappa shape index (κ3) is 3.47. The van der Waals surface area contributed by atoms with Crippen molar-refractivity contribution in [1.82, 2.24) is 0 Å². The minimum Gasteiger partial charge on any atom is -0.324 e. The highest BCUT2D eigenvalue weighted by atomic mass is 79.9. The molecule has 2 aliphatic carbocycles. The normalized spacial score (nSPS) is 26.9. The predicted octanol–water partition coefficient (Wildman–Crippen LogP) is 7.12. The van der Waals surface area contributed by atoms with E-state index in [2.05, 4.69) is 47.2 Å². The molecule has 0 spiro atoms. The Morgan fingerprint density at radius 3 is 2.44 bits per heavy atom. The van der Waals surface area contributed by atoms with Crippen molar-refractivity contribution in [1.29, 1.82) is 0 Å². The lowest BCUT2D eigenvalue weighted by molar-refractivity contribution is -0.130. The van der Waals surface area contributed by atoms with Crippen molar-refractivity contribution in [2.45, 2.75) is 40.0 Å². The van der Waals surface area contributed by atoms with Crippen molar-refractivity contribution in [3.05, 3.63) is 62.5 Å². The second-order valence-electron chi connectivity index (χ2n) is 9.20. The van der Waals surface area contributed by atoms with Crippen LogP contribution in [0.4, 0.5) is 5.69 Å². The fraction of sp³-hybridized carbons (Fsp3) is 0.375. The Balaban J connectivity index is 1.60. The summed E-state index contributed by atoms with van der Waals surface area (Å²) in [6.07, 6.45) is 1.89. The molecule has 4 rings (SSSR count). The highest BCUT2D eigenvalue weighted by Crippen LogP contribution is 2.71. The number of amides is 1. The lowest BCUT2D eigenvalue weighted by Crippen LogP contribution is -2.43. The van der Waals surface area contributed by atoms with E-state index in [-0.39, 0.29) is 11.3 Å². The van der Waals surface area contributed by atoms with E-state index >= 15 is 0 Å². The lowest BCUT2D eigenvalue weighted by Gasteiger charge is -2.39. The number of rotatable bonds is 4. The molecule has 0 aliphatic heterocycles. The first-order valence-corrected chi connectivity index (χ1v) is 11.9. The molecule has 2 bridgehead atoms. The molecule has 2 aromatic carbocycles. The second kappa shape index (κ2) is 8.15. The average Bonchev–Trinajstić information content (AvgIpc) is 3.06. The van der Waals surface area contributed by atoms with E-state index in [1.807, 2.05) is 0 Å². The van der Waals surface area contributed by atoms with Gasteiger partial charge in [0.25, 0.3) is 0 Å². The van der Waals surface area contributed by atoms with Gasteiger partial charge in [-0.15, -0.1) is 0 Å². The quantitative estimate of drug-likeness (QED) is 0.333. The Morgan fingerprint density at radius 2 is 1.75 bits per heavy atom. The van der Waals surface area contributed by atoms with Crippen LogP contribution in [0.3, 0.4) is 0 Å². The summed E-state index contributed by atoms with van der Waals surface area (Å²) >= 11 is 15.8. The Kier molecular flexibility index (Phi) is 5.93. The molecule has 1 N–H and O–H groups in total. The Morgan fingerprint density at radius 1 is 1.06 bits per heavy atom. The van der Waals surface area contributed by atoms with Gasteiger partial charge < -0.3 is 10.2 Å². The first-order valence-electron chi connectivity index (χ1n) is 10.3. The van der Waals surface area contributed by atoms with Gasteiger partial charge in [-0.05, 0) is 54.7 Å². The van der Waals surface area contributed by atoms with Gasteiger partial charge in [-0.25, -0.2) is 4.79 Å². The summed E-state index contributed by atoms with van der Waals surface area (Å²) < 4.78 is 0.871. The van der Waals surface area contributed by atoms with E-state index in [1.165, 1.54) is 0 Å². The number of halogens is 3. The maximum absolute atomic E-state index is 13.6. The van der Waals surface area contributed by atoms with Crippen molar-refractivity contribution in [3.8, 4) is 0 Å². The van der Waals surface area contributed by atoms with Crippen molar-refractivity contribution in [2.75, 3.05) is 5.32 Å². The minimum atomic E-state index is -0.698. The van der Waals surface area contributed by atoms with Gasteiger partial charge in [-0.2, -0.15) is 0 Å². The van der Waals surface area contributed by atoms with Crippen LogP contribution in [0.1, 0.15) is 50.4 Å². The molecule has 32 heavy (non-hydrogen) atoms. The van der Waals surface area contributed by atoms with Gasteiger partial charge in [-0.1, -0.05) is 71.1 Å². The topological polar surface area (TPSA) is 67.8 Å². The number of carbonyl (C=O) groups is 2. The first kappa shape index (κ1) is 23.3. The van der Waals surface area contributed by atoms with Gasteiger partial charge in [0.1, 0.15) is 0 Å². The molecule has 2 fully saturated rings. The SMILES string of the molecule is CC12CCC(C(=O)Nc3cccc(Cl)c3Cl)(CC1=NOC(=O)c1ccc(Br)cc1)C2(C)C. The molecular weight excluding hydrogens is 515 g/mol. The van der Waals surface area contributed by atoms with Crippen molar-refractivity contribution in [2.24, 2.45) is 21.4 Å². The lowest BCUT2D eigenvalue weighted by atomic mass is 9.64. The van der Waals surface area contributed by atoms with Gasteiger partial charge in [0, 0.05) is 16.3 Å². The van der Waals surface area contributed by atoms with Crippen LogP contribution >= 0.6 is 39.1 Å². The average molecular weight is 538 g/mol. The minimum absolute atomic E-state index is 0.125. The molecule has 0 aromatic heterocycles. The summed E-state index contributed by atoms with van der Waals surface area (Å²) in [5.74, 6) is -0.654. The van der Waals surface area contributed by atoms with Crippen LogP contribution in [0.2, 0.25) is 10.0 Å². The van der Waals surface area contributed by atoms with E-state index in [1.54, 1.807) is 42.5 Å². The largest absolute Gasteiger partial charge is 0.365 e. The second-order valence-corrected chi connectivity index (χ2v) is 10.9. The van der Waals surface area contributed by atoms with E-state index in [0.717, 1.165) is 16.6 Å². The number of anilines is 1. The summed E-state index contributed by atoms with van der Waals surface area (Å²) in [6, 6.07) is 12.0. The zero-order valence-electron chi connectivity index (χ0n) is 18.0. The maximum Gasteiger partial charge on any atom is 0.365 e. The molecule has 2 unspecified atom stereocenters. The molecule has 1 amide bonds. The molecule has 2 saturated carbocycles. The molecule has 5 nitrogen and oxygen atoms in total. The predicted molar refractivity (Wildman–Crippen MR) is 130 cm³/mol. The molecular formula is C24H23BrCl2N2O3. The van der Waals surface area contributed by atoms with Gasteiger partial charge >= 0.3 is 5.97 Å². The Labute approximate surface area is 205 Å². The Hall–Kier alpha value is -1.89. The fourth-order valence-corrected chi connectivity index (χ4v) is 5.71. The number of nitrogens with one attached hydrogen (secondary N) is 1. The number of fused-ring (bicyclic) bond motifs is 2. The number of benzene rings is 2. The number of oxime groups is 1. The van der Waals surface area contributed by atoms with Gasteiger partial charge in [0.2, 0.25) is 5.91 Å². The van der Waals surface area contributed by atoms with Crippen molar-refractivity contribution in [3.63, 3.8) is 0 Å². The number of nitrogens with zero attached hydrogens (tertiary/aromatic N) is 1. The van der Waals surface area contributed by atoms with E-state index in [4.69, 9.17) is 28.0 Å². The van der Waals surface area contributed by atoms with Crippen molar-refractivity contribution >= 4 is 62.4 Å². The van der Waals surface area contributed by atoms with Crippen LogP contribution in [0.15, 0.2) is 52.1 Å². The van der Waals surface area contributed by atoms with Crippen LogP contribution in [0.5, 0.6) is 0 Å². The highest BCUT2D eigenvalue weighted by Gasteiger charge is 2.71. The summed E-state index contributed by atoms with van der Waals surface area (Å²) in [4.78, 5) is 31.3. The zero-order chi connectivity index (χ0) is 23.3. The van der Waals surface area contributed by atoms with Crippen LogP contribution in [-0.4, -0.2) is 17.6 Å². The van der Waals surface area contributed by atoms with Crippen LogP contribution in [0.25, 0.3) is 0 Å². The van der Waals surface area contributed by atoms with Crippen LogP contribution in [0, 0.1) is 16.2 Å². The third-order valence-corrected chi connectivity index (χ3v) is 9.03. The standard InChI is InChI=1S/C24H23BrCl2N2O3/c1-22(2)23(3)11-12-24(22,21(31)28-17-6-4-5-16(26)19(17)27)13-18(23)29-32-20(30)14-7-9-15(25)10-8-14/h4-10H,11-13H2,1-3H3,(H,28,31). The molecule has 0 radical (unpaired) electrons. The summed E-state index contributed by atoms with van der Waals surface area (Å²) in [7, 11) is 0. The smallest absolute Gasteiger partial charge is 0.324 e. The zero-order valence-corrected chi connectivity index (χ0v) is 21.1. The number of hydrogen-bond acceptors (Lipinski definition) is 4. The van der Waals surface area contributed by atoms with Crippen LogP contribution in [-0.2, 0) is 9.63 Å². The van der Waals surface area contributed by atoms with Gasteiger partial charge in [0.05, 0.1) is 32.4 Å². The molecule has 0 heterocycles. The number of hydrogen-bond donors (Lipinski definition) is 1. The van der Waals surface area contributed by atoms with E-state index in [9.17, 15) is 9.59 Å². The molecule has 8 heteroatoms. The maximum atomic E-state index is 13.6. The highest BCUT2D eigenvalue weighted by molar-refractivity contribution is 9.10. The summed E-state index contributed by atoms with van der Waals surface area (Å²) in [5, 5.41) is 7.94. The van der Waals surface area contributed by atoms with E-state index in [0.29, 0.717) is 34.1 Å². The monoisotopic (exact) mass is 536 g/mol. The first-order chi connectivity index (χ1) is 15.0. The van der Waals surface area contributed by atoms with Crippen LogP contribution < -0.4 is 5.32 Å². The Bertz CT molecular complexity index is 1130. The number of carbonyl (C=O) groups excluding carboxylic acids is 2. The van der Waals surface area contributed by atoms with E-state index < -0.39 is 16.8 Å². The molecule has 2 atom stereocenters. The summed E-state index contributed by atoms with van der Waals surface area (Å²) in [6.45, 7) is 6.25. The molecule has 0 saturated heterocycles. The van der Waals surface area contributed by atoms with Crippen molar-refractivity contribution < 1.29 is 14.4 Å².